The number of aromatic nitrogens is 2. The summed E-state index contributed by atoms with van der Waals surface area (Å²) in [5.74, 6) is 0.107. The lowest BCUT2D eigenvalue weighted by Crippen LogP contribution is -2.34. The van der Waals surface area contributed by atoms with E-state index in [2.05, 4.69) is 53.0 Å². The Bertz CT molecular complexity index is 1010. The van der Waals surface area contributed by atoms with Crippen molar-refractivity contribution in [3.63, 3.8) is 0 Å². The lowest BCUT2D eigenvalue weighted by atomic mass is 9.99. The van der Waals surface area contributed by atoms with Crippen molar-refractivity contribution >= 4 is 22.5 Å². The van der Waals surface area contributed by atoms with Crippen molar-refractivity contribution in [3.8, 4) is 0 Å². The topological polar surface area (TPSA) is 52.2 Å². The van der Waals surface area contributed by atoms with E-state index in [1.807, 2.05) is 29.3 Å². The number of benzene rings is 1. The van der Waals surface area contributed by atoms with Crippen LogP contribution in [0, 0.1) is 0 Å². The van der Waals surface area contributed by atoms with E-state index in [1.54, 1.807) is 6.20 Å². The summed E-state index contributed by atoms with van der Waals surface area (Å²) in [5.41, 5.74) is 5.40. The fourth-order valence-electron chi connectivity index (χ4n) is 3.96. The van der Waals surface area contributed by atoms with Gasteiger partial charge >= 0.3 is 0 Å². The molecule has 5 nitrogen and oxygen atoms in total. The summed E-state index contributed by atoms with van der Waals surface area (Å²) in [4.78, 5) is 24.8. The second-order valence-electron chi connectivity index (χ2n) is 7.49. The number of hydrogen-bond acceptors (Lipinski definition) is 3. The van der Waals surface area contributed by atoms with Gasteiger partial charge in [-0.3, -0.25) is 9.69 Å². The molecule has 0 spiro atoms. The van der Waals surface area contributed by atoms with E-state index in [1.165, 1.54) is 16.7 Å². The number of hydrogen-bond donors (Lipinski definition) is 1. The van der Waals surface area contributed by atoms with E-state index >= 15 is 0 Å². The third-order valence-electron chi connectivity index (χ3n) is 5.79. The Morgan fingerprint density at radius 2 is 1.97 bits per heavy atom. The summed E-state index contributed by atoms with van der Waals surface area (Å²) in [6, 6.07) is 12.1. The molecule has 0 saturated heterocycles. The van der Waals surface area contributed by atoms with Gasteiger partial charge in [0.15, 0.2) is 0 Å². The van der Waals surface area contributed by atoms with Gasteiger partial charge < -0.3 is 9.88 Å². The van der Waals surface area contributed by atoms with Crippen LogP contribution in [-0.2, 0) is 6.54 Å². The number of amides is 1. The number of aromatic amines is 1. The highest BCUT2D eigenvalue weighted by Crippen LogP contribution is 2.28. The largest absolute Gasteiger partial charge is 0.346 e. The van der Waals surface area contributed by atoms with Crippen molar-refractivity contribution in [2.75, 3.05) is 26.2 Å². The van der Waals surface area contributed by atoms with Gasteiger partial charge in [-0.15, -0.1) is 0 Å². The normalized spacial score (nSPS) is 14.4. The van der Waals surface area contributed by atoms with Crippen molar-refractivity contribution in [2.24, 2.45) is 0 Å². The highest BCUT2D eigenvalue weighted by Gasteiger charge is 2.20. The van der Waals surface area contributed by atoms with Crippen molar-refractivity contribution in [2.45, 2.75) is 26.8 Å². The first-order chi connectivity index (χ1) is 14.2. The number of carbonyl (C=O) groups excluding carboxylic acids is 1. The number of H-pyrrole nitrogens is 1. The zero-order chi connectivity index (χ0) is 20.2. The minimum Gasteiger partial charge on any atom is -0.346 e. The van der Waals surface area contributed by atoms with Crippen LogP contribution in [0.25, 0.3) is 16.6 Å². The maximum absolute atomic E-state index is 12.9. The monoisotopic (exact) mass is 388 g/mol. The molecule has 150 valence electrons. The lowest BCUT2D eigenvalue weighted by Gasteiger charge is -2.26. The molecule has 0 aliphatic carbocycles. The summed E-state index contributed by atoms with van der Waals surface area (Å²) in [6.45, 7) is 8.72. The molecule has 0 radical (unpaired) electrons. The first-order valence-electron chi connectivity index (χ1n) is 10.4. The number of nitrogens with one attached hydrogen (secondary N) is 1. The predicted molar refractivity (Wildman–Crippen MR) is 118 cm³/mol. The molecule has 1 aromatic carbocycles. The molecule has 1 N–H and O–H groups in total. The van der Waals surface area contributed by atoms with Gasteiger partial charge in [0.1, 0.15) is 5.65 Å². The standard InChI is InChI=1S/C24H28N4O/c1-3-27(4-2)17-18-7-9-20(10-8-18)24(29)28-14-11-19(12-15-28)22-16-26-23-21(22)6-5-13-25-23/h5-11,13,16H,3-4,12,14-15,17H2,1-2H3,(H,25,26). The van der Waals surface area contributed by atoms with Gasteiger partial charge in [0.2, 0.25) is 0 Å². The van der Waals surface area contributed by atoms with Gasteiger partial charge in [-0.1, -0.05) is 32.1 Å². The molecule has 3 aromatic rings. The van der Waals surface area contributed by atoms with Crippen molar-refractivity contribution in [3.05, 3.63) is 71.6 Å². The maximum Gasteiger partial charge on any atom is 0.254 e. The Balaban J connectivity index is 1.43. The quantitative estimate of drug-likeness (QED) is 0.684. The molecule has 1 amide bonds. The number of fused-ring (bicyclic) bond motifs is 1. The SMILES string of the molecule is CCN(CC)Cc1ccc(C(=O)N2CC=C(c3c[nH]c4ncccc34)CC2)cc1. The number of rotatable bonds is 6. The highest BCUT2D eigenvalue weighted by atomic mass is 16.2. The lowest BCUT2D eigenvalue weighted by molar-refractivity contribution is 0.0773. The number of carbonyl (C=O) groups is 1. The van der Waals surface area contributed by atoms with Crippen LogP contribution in [0.5, 0.6) is 0 Å². The van der Waals surface area contributed by atoms with Crippen LogP contribution in [0.15, 0.2) is 54.9 Å². The van der Waals surface area contributed by atoms with E-state index in [9.17, 15) is 4.79 Å². The average molecular weight is 389 g/mol. The fourth-order valence-corrected chi connectivity index (χ4v) is 3.96. The van der Waals surface area contributed by atoms with Crippen LogP contribution >= 0.6 is 0 Å². The molecule has 1 aliphatic heterocycles. The Kier molecular flexibility index (Phi) is 5.76. The molecule has 1 aliphatic rings. The molecule has 0 atom stereocenters. The molecule has 0 fully saturated rings. The molecule has 0 saturated carbocycles. The van der Waals surface area contributed by atoms with Crippen LogP contribution in [0.2, 0.25) is 0 Å². The number of pyridine rings is 1. The third kappa shape index (κ3) is 4.10. The zero-order valence-corrected chi connectivity index (χ0v) is 17.2. The minimum atomic E-state index is 0.107. The van der Waals surface area contributed by atoms with Crippen LogP contribution in [0.4, 0.5) is 0 Å². The summed E-state index contributed by atoms with van der Waals surface area (Å²) < 4.78 is 0. The summed E-state index contributed by atoms with van der Waals surface area (Å²) in [6.07, 6.45) is 6.85. The predicted octanol–water partition coefficient (Wildman–Crippen LogP) is 4.33. The Hall–Kier alpha value is -2.92. The highest BCUT2D eigenvalue weighted by molar-refractivity contribution is 5.95. The molecule has 5 heteroatoms. The fraction of sp³-hybridized carbons (Fsp3) is 0.333. The van der Waals surface area contributed by atoms with E-state index < -0.39 is 0 Å². The van der Waals surface area contributed by atoms with E-state index in [0.717, 1.165) is 49.2 Å². The summed E-state index contributed by atoms with van der Waals surface area (Å²) in [7, 11) is 0. The number of nitrogens with zero attached hydrogens (tertiary/aromatic N) is 3. The van der Waals surface area contributed by atoms with Crippen molar-refractivity contribution < 1.29 is 4.79 Å². The molecular formula is C24H28N4O. The average Bonchev–Trinajstić information content (AvgIpc) is 3.22. The Morgan fingerprint density at radius 3 is 2.66 bits per heavy atom. The van der Waals surface area contributed by atoms with Gasteiger partial charge in [-0.05, 0) is 54.9 Å². The Morgan fingerprint density at radius 1 is 1.17 bits per heavy atom. The molecular weight excluding hydrogens is 360 g/mol. The van der Waals surface area contributed by atoms with Crippen LogP contribution in [0.3, 0.4) is 0 Å². The first-order valence-corrected chi connectivity index (χ1v) is 10.4. The summed E-state index contributed by atoms with van der Waals surface area (Å²) in [5, 5.41) is 1.14. The van der Waals surface area contributed by atoms with Gasteiger partial charge in [0.25, 0.3) is 5.91 Å². The van der Waals surface area contributed by atoms with Crippen LogP contribution < -0.4 is 0 Å². The van der Waals surface area contributed by atoms with E-state index in [4.69, 9.17) is 0 Å². The van der Waals surface area contributed by atoms with Crippen molar-refractivity contribution in [1.82, 2.24) is 19.8 Å². The van der Waals surface area contributed by atoms with Crippen LogP contribution in [-0.4, -0.2) is 51.9 Å². The van der Waals surface area contributed by atoms with E-state index in [-0.39, 0.29) is 5.91 Å². The molecule has 0 bridgehead atoms. The minimum absolute atomic E-state index is 0.107. The van der Waals surface area contributed by atoms with Crippen molar-refractivity contribution in [1.29, 1.82) is 0 Å². The van der Waals surface area contributed by atoms with Gasteiger partial charge in [0.05, 0.1) is 0 Å². The maximum atomic E-state index is 12.9. The second-order valence-corrected chi connectivity index (χ2v) is 7.49. The van der Waals surface area contributed by atoms with Crippen LogP contribution in [0.1, 0.15) is 41.8 Å². The second kappa shape index (κ2) is 8.62. The molecule has 0 unspecified atom stereocenters. The molecule has 4 rings (SSSR count). The zero-order valence-electron chi connectivity index (χ0n) is 17.2. The van der Waals surface area contributed by atoms with Gasteiger partial charge in [-0.25, -0.2) is 4.98 Å². The van der Waals surface area contributed by atoms with Gasteiger partial charge in [-0.2, -0.15) is 0 Å². The third-order valence-corrected chi connectivity index (χ3v) is 5.79. The molecule has 2 aromatic heterocycles. The van der Waals surface area contributed by atoms with Gasteiger partial charge in [0, 0.05) is 48.5 Å². The van der Waals surface area contributed by atoms with E-state index in [0.29, 0.717) is 6.54 Å². The smallest absolute Gasteiger partial charge is 0.254 e. The summed E-state index contributed by atoms with van der Waals surface area (Å²) >= 11 is 0. The molecule has 29 heavy (non-hydrogen) atoms. The molecule has 3 heterocycles. The Labute approximate surface area is 172 Å². The first kappa shape index (κ1) is 19.4.